The minimum absolute atomic E-state index is 0.104. The van der Waals surface area contributed by atoms with Gasteiger partial charge < -0.3 is 18.9 Å². The number of hydrogen-bond donors (Lipinski definition) is 0. The van der Waals surface area contributed by atoms with Gasteiger partial charge in [0.15, 0.2) is 5.69 Å². The van der Waals surface area contributed by atoms with E-state index in [1.54, 1.807) is 42.5 Å². The Morgan fingerprint density at radius 3 is 2.29 bits per heavy atom. The number of rotatable bonds is 9. The molecule has 216 valence electrons. The van der Waals surface area contributed by atoms with Gasteiger partial charge in [0, 0.05) is 31.1 Å². The van der Waals surface area contributed by atoms with Crippen molar-refractivity contribution in [2.75, 3.05) is 19.1 Å². The summed E-state index contributed by atoms with van der Waals surface area (Å²) in [6, 6.07) is 14.1. The summed E-state index contributed by atoms with van der Waals surface area (Å²) in [5, 5.41) is 4.82. The van der Waals surface area contributed by atoms with Gasteiger partial charge in [0.1, 0.15) is 18.1 Å². The molecule has 0 aliphatic rings. The van der Waals surface area contributed by atoms with Crippen LogP contribution in [0, 0.1) is 0 Å². The van der Waals surface area contributed by atoms with E-state index < -0.39 is 17.8 Å². The van der Waals surface area contributed by atoms with Crippen LogP contribution in [-0.4, -0.2) is 30.3 Å². The van der Waals surface area contributed by atoms with Crippen molar-refractivity contribution in [2.24, 2.45) is 0 Å². The number of halogens is 5. The second kappa shape index (κ2) is 12.4. The lowest BCUT2D eigenvalue weighted by atomic mass is 10.0. The van der Waals surface area contributed by atoms with E-state index in [4.69, 9.17) is 32.5 Å². The summed E-state index contributed by atoms with van der Waals surface area (Å²) in [6.07, 6.45) is -4.76. The molecule has 2 heterocycles. The van der Waals surface area contributed by atoms with E-state index >= 15 is 0 Å². The Balaban J connectivity index is 1.61. The van der Waals surface area contributed by atoms with Crippen molar-refractivity contribution in [3.8, 4) is 17.1 Å². The number of nitrogens with zero attached hydrogens (tertiary/aromatic N) is 3. The smallest absolute Gasteiger partial charge is 0.435 e. The molecule has 0 spiro atoms. The van der Waals surface area contributed by atoms with Gasteiger partial charge in [-0.3, -0.25) is 0 Å². The summed E-state index contributed by atoms with van der Waals surface area (Å²) in [5.74, 6) is -0.351. The van der Waals surface area contributed by atoms with Crippen LogP contribution in [-0.2, 0) is 24.1 Å². The number of benzene rings is 2. The highest BCUT2D eigenvalue weighted by atomic mass is 35.5. The van der Waals surface area contributed by atoms with Gasteiger partial charge >= 0.3 is 12.1 Å². The highest BCUT2D eigenvalue weighted by Gasteiger charge is 2.37. The first-order valence-corrected chi connectivity index (χ1v) is 13.2. The Morgan fingerprint density at radius 2 is 1.71 bits per heavy atom. The Morgan fingerprint density at radius 1 is 1.05 bits per heavy atom. The molecule has 0 radical (unpaired) electrons. The first-order chi connectivity index (χ1) is 19.4. The zero-order valence-electron chi connectivity index (χ0n) is 22.6. The topological polar surface area (TPSA) is 77.7 Å². The third kappa shape index (κ3) is 6.77. The van der Waals surface area contributed by atoms with Crippen molar-refractivity contribution in [2.45, 2.75) is 39.1 Å². The van der Waals surface area contributed by atoms with E-state index in [0.717, 1.165) is 0 Å². The van der Waals surface area contributed by atoms with Crippen LogP contribution in [0.2, 0.25) is 10.0 Å². The third-order valence-electron chi connectivity index (χ3n) is 6.23. The number of alkyl halides is 3. The number of anilines is 1. The number of pyridine rings is 1. The predicted molar refractivity (Wildman–Crippen MR) is 150 cm³/mol. The monoisotopic (exact) mass is 607 g/mol. The molecule has 0 saturated heterocycles. The largest absolute Gasteiger partial charge is 0.473 e. The lowest BCUT2D eigenvalue weighted by Gasteiger charge is -2.23. The molecule has 0 fully saturated rings. The summed E-state index contributed by atoms with van der Waals surface area (Å²) in [5.41, 5.74) is 1.06. The van der Waals surface area contributed by atoms with Crippen molar-refractivity contribution in [1.29, 1.82) is 0 Å². The van der Waals surface area contributed by atoms with Gasteiger partial charge in [0.25, 0.3) is 0 Å². The van der Waals surface area contributed by atoms with Gasteiger partial charge in [0.2, 0.25) is 5.88 Å². The molecule has 41 heavy (non-hydrogen) atoms. The van der Waals surface area contributed by atoms with Crippen molar-refractivity contribution in [3.05, 3.63) is 92.8 Å². The minimum Gasteiger partial charge on any atom is -0.473 e. The van der Waals surface area contributed by atoms with Crippen LogP contribution in [0.25, 0.3) is 11.3 Å². The number of ether oxygens (including phenoxy) is 2. The van der Waals surface area contributed by atoms with E-state index in [9.17, 15) is 18.0 Å². The third-order valence-corrected chi connectivity index (χ3v) is 6.86. The molecule has 0 amide bonds. The van der Waals surface area contributed by atoms with E-state index in [1.165, 1.54) is 31.2 Å². The van der Waals surface area contributed by atoms with Crippen molar-refractivity contribution < 1.29 is 32.0 Å². The normalized spacial score (nSPS) is 11.6. The molecule has 7 nitrogen and oxygen atoms in total. The van der Waals surface area contributed by atoms with Crippen molar-refractivity contribution in [3.63, 3.8) is 0 Å². The maximum absolute atomic E-state index is 14.1. The average molecular weight is 608 g/mol. The van der Waals surface area contributed by atoms with Gasteiger partial charge in [0.05, 0.1) is 34.0 Å². The Labute approximate surface area is 244 Å². The Hall–Kier alpha value is -3.76. The lowest BCUT2D eigenvalue weighted by molar-refractivity contribution is -0.140. The van der Waals surface area contributed by atoms with E-state index in [1.807, 2.05) is 13.8 Å². The average Bonchev–Trinajstić information content (AvgIpc) is 3.35. The fourth-order valence-corrected chi connectivity index (χ4v) is 4.81. The molecular formula is C29H26Cl2F3N3O4. The number of methoxy groups -OCH3 is 1. The van der Waals surface area contributed by atoms with Crippen LogP contribution >= 0.6 is 23.2 Å². The number of hydrogen-bond acceptors (Lipinski definition) is 7. The maximum atomic E-state index is 14.1. The van der Waals surface area contributed by atoms with Gasteiger partial charge in [-0.25, -0.2) is 9.78 Å². The summed E-state index contributed by atoms with van der Waals surface area (Å²) in [6.45, 7) is 3.72. The Kier molecular flexibility index (Phi) is 9.14. The molecule has 0 saturated carbocycles. The van der Waals surface area contributed by atoms with E-state index in [2.05, 4.69) is 14.9 Å². The molecule has 0 bridgehead atoms. The first kappa shape index (κ1) is 30.2. The molecule has 0 N–H and O–H groups in total. The molecule has 4 rings (SSSR count). The van der Waals surface area contributed by atoms with Crippen molar-refractivity contribution >= 4 is 34.9 Å². The van der Waals surface area contributed by atoms with Crippen LogP contribution in [0.15, 0.2) is 59.1 Å². The Bertz CT molecular complexity index is 1520. The van der Waals surface area contributed by atoms with Crippen molar-refractivity contribution in [1.82, 2.24) is 10.1 Å². The number of carbonyl (C=O) groups excluding carboxylic acids is 1. The molecular weight excluding hydrogens is 582 g/mol. The zero-order chi connectivity index (χ0) is 29.9. The number of aromatic nitrogens is 2. The molecule has 2 aromatic heterocycles. The molecule has 0 unspecified atom stereocenters. The molecule has 0 aliphatic carbocycles. The summed E-state index contributed by atoms with van der Waals surface area (Å²) in [4.78, 5) is 16.9. The van der Waals surface area contributed by atoms with Crippen LogP contribution < -0.4 is 9.64 Å². The minimum atomic E-state index is -4.76. The van der Waals surface area contributed by atoms with Crippen LogP contribution in [0.1, 0.15) is 52.7 Å². The molecule has 12 heteroatoms. The lowest BCUT2D eigenvalue weighted by Crippen LogP contribution is -2.22. The van der Waals surface area contributed by atoms with Gasteiger partial charge in [-0.05, 0) is 35.9 Å². The molecule has 0 atom stereocenters. The highest BCUT2D eigenvalue weighted by molar-refractivity contribution is 6.39. The predicted octanol–water partition coefficient (Wildman–Crippen LogP) is 8.19. The fourth-order valence-electron chi connectivity index (χ4n) is 4.24. The maximum Gasteiger partial charge on any atom is 0.435 e. The molecule has 0 aliphatic heterocycles. The van der Waals surface area contributed by atoms with Crippen LogP contribution in [0.4, 0.5) is 18.9 Å². The van der Waals surface area contributed by atoms with Crippen LogP contribution in [0.5, 0.6) is 5.88 Å². The van der Waals surface area contributed by atoms with Crippen LogP contribution in [0.3, 0.4) is 0 Å². The summed E-state index contributed by atoms with van der Waals surface area (Å²) < 4.78 is 58.3. The summed E-state index contributed by atoms with van der Waals surface area (Å²) >= 11 is 12.8. The number of carbonyl (C=O) groups is 1. The standard InChI is InChI=1S/C29H26Cl2F3N3O4/c1-16(2)26-19(25(36-41-26)24-20(30)6-5-7-21(24)31)15-40-23-13-12-22(27(35-23)29(32,33)34)37(3)14-17-8-10-18(11-9-17)28(38)39-4/h5-13,16H,14-15H2,1-4H3. The van der Waals surface area contributed by atoms with Gasteiger partial charge in [-0.2, -0.15) is 13.2 Å². The quantitative estimate of drug-likeness (QED) is 0.177. The number of esters is 1. The van der Waals surface area contributed by atoms with Gasteiger partial charge in [-0.1, -0.05) is 60.4 Å². The first-order valence-electron chi connectivity index (χ1n) is 12.4. The second-order valence-electron chi connectivity index (χ2n) is 9.47. The fraction of sp³-hybridized carbons (Fsp3) is 0.276. The molecule has 4 aromatic rings. The highest BCUT2D eigenvalue weighted by Crippen LogP contribution is 2.40. The SMILES string of the molecule is COC(=O)c1ccc(CN(C)c2ccc(OCc3c(-c4c(Cl)cccc4Cl)noc3C(C)C)nc2C(F)(F)F)cc1. The summed E-state index contributed by atoms with van der Waals surface area (Å²) in [7, 11) is 2.79. The molecule has 2 aromatic carbocycles. The second-order valence-corrected chi connectivity index (χ2v) is 10.3. The van der Waals surface area contributed by atoms with E-state index in [-0.39, 0.29) is 30.6 Å². The van der Waals surface area contributed by atoms with Gasteiger partial charge in [-0.15, -0.1) is 0 Å². The zero-order valence-corrected chi connectivity index (χ0v) is 24.1. The van der Waals surface area contributed by atoms with E-state index in [0.29, 0.717) is 43.8 Å².